The molecular formula is C18H18N4O7S. The second kappa shape index (κ2) is 7.65. The third kappa shape index (κ3) is 3.77. The van der Waals surface area contributed by atoms with Gasteiger partial charge in [0, 0.05) is 28.7 Å². The predicted octanol–water partition coefficient (Wildman–Crippen LogP) is 1.12. The van der Waals surface area contributed by atoms with Gasteiger partial charge in [0.05, 0.1) is 10.5 Å². The van der Waals surface area contributed by atoms with E-state index in [1.807, 2.05) is 5.32 Å². The Morgan fingerprint density at radius 1 is 1.23 bits per heavy atom. The predicted molar refractivity (Wildman–Crippen MR) is 106 cm³/mol. The van der Waals surface area contributed by atoms with Gasteiger partial charge < -0.3 is 25.8 Å². The van der Waals surface area contributed by atoms with Crippen LogP contribution in [0.25, 0.3) is 11.6 Å². The quantitative estimate of drug-likeness (QED) is 0.369. The molecule has 0 fully saturated rings. The summed E-state index contributed by atoms with van der Waals surface area (Å²) >= 11 is 0. The van der Waals surface area contributed by atoms with Crippen molar-refractivity contribution < 1.29 is 33.0 Å². The summed E-state index contributed by atoms with van der Waals surface area (Å²) in [5.41, 5.74) is 1.95. The Bertz CT molecular complexity index is 1200. The van der Waals surface area contributed by atoms with Gasteiger partial charge in [-0.2, -0.15) is 0 Å². The van der Waals surface area contributed by atoms with Crippen LogP contribution in [-0.2, 0) is 19.6 Å². The number of aromatic amines is 1. The van der Waals surface area contributed by atoms with Crippen LogP contribution < -0.4 is 15.4 Å². The van der Waals surface area contributed by atoms with Crippen molar-refractivity contribution in [2.24, 2.45) is 0 Å². The van der Waals surface area contributed by atoms with Gasteiger partial charge in [-0.15, -0.1) is 0 Å². The first kappa shape index (κ1) is 21.1. The number of aromatic nitrogens is 1. The molecule has 1 aliphatic heterocycles. The van der Waals surface area contributed by atoms with Crippen LogP contribution in [0.4, 0.5) is 10.5 Å². The number of carbonyl (C=O) groups is 3. The van der Waals surface area contributed by atoms with Gasteiger partial charge in [-0.25, -0.2) is 22.7 Å². The Balaban J connectivity index is 2.06. The molecule has 2 aromatic rings. The van der Waals surface area contributed by atoms with Crippen molar-refractivity contribution in [2.75, 3.05) is 12.4 Å². The van der Waals surface area contributed by atoms with Crippen molar-refractivity contribution in [3.63, 3.8) is 0 Å². The van der Waals surface area contributed by atoms with E-state index < -0.39 is 34.0 Å². The van der Waals surface area contributed by atoms with Crippen LogP contribution in [0, 0.1) is 6.92 Å². The third-order valence-corrected chi connectivity index (χ3v) is 6.10. The van der Waals surface area contributed by atoms with Crippen molar-refractivity contribution in [3.8, 4) is 0 Å². The zero-order valence-electron chi connectivity index (χ0n) is 15.8. The summed E-state index contributed by atoms with van der Waals surface area (Å²) in [6.07, 6.45) is 1.30. The maximum absolute atomic E-state index is 12.4. The SMILES string of the molecule is CNS(=O)(=O)c1ccc2c(c1)C(=Cc1[nH]cc(C(NC(=O)O)C(=O)O)c1C)C(=O)N2. The number of aliphatic carboxylic acids is 1. The summed E-state index contributed by atoms with van der Waals surface area (Å²) in [5.74, 6) is -1.84. The number of fused-ring (bicyclic) bond motifs is 1. The van der Waals surface area contributed by atoms with E-state index in [0.717, 1.165) is 0 Å². The smallest absolute Gasteiger partial charge is 0.405 e. The summed E-state index contributed by atoms with van der Waals surface area (Å²) in [6.45, 7) is 1.58. The minimum atomic E-state index is -3.72. The van der Waals surface area contributed by atoms with E-state index in [1.54, 1.807) is 6.92 Å². The summed E-state index contributed by atoms with van der Waals surface area (Å²) in [5, 5.41) is 22.7. The topological polar surface area (TPSA) is 178 Å². The van der Waals surface area contributed by atoms with Gasteiger partial charge in [0.2, 0.25) is 10.0 Å². The van der Waals surface area contributed by atoms with Crippen molar-refractivity contribution in [2.45, 2.75) is 17.9 Å². The number of hydrogen-bond donors (Lipinski definition) is 6. The molecular weight excluding hydrogens is 416 g/mol. The standard InChI is InChI=1S/C18H18N4O7S/c1-8-12(15(17(24)25)22-18(26)27)7-20-14(8)6-11-10-5-9(30(28,29)19-2)3-4-13(10)21-16(11)23/h3-7,15,19-20,22H,1-2H3,(H,21,23)(H,24,25)(H,26,27). The van der Waals surface area contributed by atoms with Crippen molar-refractivity contribution in [1.82, 2.24) is 15.0 Å². The highest BCUT2D eigenvalue weighted by Gasteiger charge is 2.28. The number of carboxylic acid groups (broad SMARTS) is 2. The van der Waals surface area contributed by atoms with Gasteiger partial charge in [0.1, 0.15) is 0 Å². The Morgan fingerprint density at radius 2 is 1.93 bits per heavy atom. The van der Waals surface area contributed by atoms with Crippen molar-refractivity contribution >= 4 is 45.3 Å². The number of anilines is 1. The lowest BCUT2D eigenvalue weighted by atomic mass is 10.0. The molecule has 12 heteroatoms. The van der Waals surface area contributed by atoms with E-state index in [-0.39, 0.29) is 16.0 Å². The molecule has 0 aliphatic carbocycles. The molecule has 30 heavy (non-hydrogen) atoms. The van der Waals surface area contributed by atoms with Crippen LogP contribution in [0.5, 0.6) is 0 Å². The second-order valence-corrected chi connectivity index (χ2v) is 8.32. The molecule has 1 aromatic carbocycles. The Morgan fingerprint density at radius 3 is 2.53 bits per heavy atom. The number of hydrogen-bond acceptors (Lipinski definition) is 5. The number of carboxylic acids is 1. The van der Waals surface area contributed by atoms with Crippen LogP contribution in [0.3, 0.4) is 0 Å². The van der Waals surface area contributed by atoms with Gasteiger partial charge >= 0.3 is 12.1 Å². The van der Waals surface area contributed by atoms with Gasteiger partial charge in [-0.3, -0.25) is 4.79 Å². The molecule has 0 saturated carbocycles. The van der Waals surface area contributed by atoms with Crippen molar-refractivity contribution in [1.29, 1.82) is 0 Å². The zero-order chi connectivity index (χ0) is 22.2. The highest BCUT2D eigenvalue weighted by molar-refractivity contribution is 7.89. The van der Waals surface area contributed by atoms with Gasteiger partial charge in [-0.05, 0) is 43.8 Å². The van der Waals surface area contributed by atoms with Gasteiger partial charge in [0.15, 0.2) is 6.04 Å². The first-order valence-corrected chi connectivity index (χ1v) is 10.0. The van der Waals surface area contributed by atoms with E-state index in [1.165, 1.54) is 37.5 Å². The number of benzene rings is 1. The van der Waals surface area contributed by atoms with E-state index in [4.69, 9.17) is 5.11 Å². The number of rotatable bonds is 6. The highest BCUT2D eigenvalue weighted by Crippen LogP contribution is 2.35. The molecule has 11 nitrogen and oxygen atoms in total. The molecule has 1 aromatic heterocycles. The van der Waals surface area contributed by atoms with Gasteiger partial charge in [0.25, 0.3) is 5.91 Å². The molecule has 0 radical (unpaired) electrons. The summed E-state index contributed by atoms with van der Waals surface area (Å²) in [7, 11) is -2.45. The molecule has 0 bridgehead atoms. The van der Waals surface area contributed by atoms with Gasteiger partial charge in [-0.1, -0.05) is 0 Å². The van der Waals surface area contributed by atoms with Crippen LogP contribution in [0.1, 0.15) is 28.4 Å². The van der Waals surface area contributed by atoms with E-state index in [0.29, 0.717) is 22.5 Å². The average molecular weight is 434 g/mol. The first-order chi connectivity index (χ1) is 14.0. The fourth-order valence-corrected chi connectivity index (χ4v) is 3.87. The normalized spacial score (nSPS) is 15.5. The monoisotopic (exact) mass is 434 g/mol. The number of amides is 2. The molecule has 2 heterocycles. The summed E-state index contributed by atoms with van der Waals surface area (Å²) < 4.78 is 26.4. The molecule has 1 aliphatic rings. The number of H-pyrrole nitrogens is 1. The number of sulfonamides is 1. The largest absolute Gasteiger partial charge is 0.479 e. The molecule has 6 N–H and O–H groups in total. The van der Waals surface area contributed by atoms with Crippen LogP contribution in [0.15, 0.2) is 29.3 Å². The van der Waals surface area contributed by atoms with Crippen molar-refractivity contribution in [3.05, 3.63) is 46.8 Å². The fraction of sp³-hybridized carbons (Fsp3) is 0.167. The molecule has 0 spiro atoms. The highest BCUT2D eigenvalue weighted by atomic mass is 32.2. The minimum Gasteiger partial charge on any atom is -0.479 e. The van der Waals surface area contributed by atoms with Crippen LogP contribution >= 0.6 is 0 Å². The molecule has 2 amide bonds. The molecule has 1 unspecified atom stereocenters. The first-order valence-electron chi connectivity index (χ1n) is 8.56. The summed E-state index contributed by atoms with van der Waals surface area (Å²) in [6, 6.07) is 2.70. The number of nitrogens with one attached hydrogen (secondary N) is 4. The third-order valence-electron chi connectivity index (χ3n) is 4.69. The summed E-state index contributed by atoms with van der Waals surface area (Å²) in [4.78, 5) is 37.6. The van der Waals surface area contributed by atoms with E-state index >= 15 is 0 Å². The van der Waals surface area contributed by atoms with Crippen LogP contribution in [0.2, 0.25) is 0 Å². The van der Waals surface area contributed by atoms with E-state index in [9.17, 15) is 27.9 Å². The maximum Gasteiger partial charge on any atom is 0.405 e. The Hall–Kier alpha value is -3.64. The maximum atomic E-state index is 12.4. The number of carbonyl (C=O) groups excluding carboxylic acids is 1. The lowest BCUT2D eigenvalue weighted by Gasteiger charge is -2.12. The average Bonchev–Trinajstić information content (AvgIpc) is 3.19. The Kier molecular flexibility index (Phi) is 5.37. The van der Waals surface area contributed by atoms with E-state index in [2.05, 4.69) is 15.0 Å². The lowest BCUT2D eigenvalue weighted by molar-refractivity contribution is -0.139. The molecule has 1 atom stereocenters. The molecule has 158 valence electrons. The van der Waals surface area contributed by atoms with Crippen LogP contribution in [-0.4, -0.2) is 48.6 Å². The Labute approximate surface area is 170 Å². The molecule has 0 saturated heterocycles. The molecule has 3 rings (SSSR count). The minimum absolute atomic E-state index is 0.0216. The fourth-order valence-electron chi connectivity index (χ4n) is 3.11. The lowest BCUT2D eigenvalue weighted by Crippen LogP contribution is -2.32. The zero-order valence-corrected chi connectivity index (χ0v) is 16.6. The second-order valence-electron chi connectivity index (χ2n) is 6.43.